The molecular formula is C18H23N3O3. The normalized spacial score (nSPS) is 20.9. The second kappa shape index (κ2) is 6.65. The third kappa shape index (κ3) is 3.14. The summed E-state index contributed by atoms with van der Waals surface area (Å²) in [4.78, 5) is 14.4. The van der Waals surface area contributed by atoms with Crippen LogP contribution in [0.25, 0.3) is 5.69 Å². The summed E-state index contributed by atoms with van der Waals surface area (Å²) in [6, 6.07) is 9.32. The van der Waals surface area contributed by atoms with E-state index in [0.29, 0.717) is 18.8 Å². The van der Waals surface area contributed by atoms with E-state index in [1.165, 1.54) is 0 Å². The molecule has 1 aliphatic heterocycles. The minimum atomic E-state index is -0.465. The van der Waals surface area contributed by atoms with E-state index in [2.05, 4.69) is 5.10 Å². The highest BCUT2D eigenvalue weighted by Gasteiger charge is 2.29. The third-order valence-electron chi connectivity index (χ3n) is 4.63. The van der Waals surface area contributed by atoms with Crippen molar-refractivity contribution in [2.75, 3.05) is 20.2 Å². The minimum absolute atomic E-state index is 0.128. The zero-order chi connectivity index (χ0) is 17.3. The number of carbonyl (C=O) groups excluding carboxylic acids is 1. The van der Waals surface area contributed by atoms with Crippen molar-refractivity contribution in [2.24, 2.45) is 5.92 Å². The van der Waals surface area contributed by atoms with Crippen molar-refractivity contribution in [3.63, 3.8) is 0 Å². The maximum atomic E-state index is 12.7. The molecule has 1 aromatic heterocycles. The molecule has 1 N–H and O–H groups in total. The van der Waals surface area contributed by atoms with E-state index in [-0.39, 0.29) is 11.8 Å². The monoisotopic (exact) mass is 329 g/mol. The number of β-amino-alcohol motifs (C(OH)–C–C–N with tert-alkyl or cyclic N) is 1. The van der Waals surface area contributed by atoms with Crippen molar-refractivity contribution in [1.29, 1.82) is 0 Å². The first-order valence-corrected chi connectivity index (χ1v) is 8.18. The van der Waals surface area contributed by atoms with E-state index in [1.807, 2.05) is 38.1 Å². The second-order valence-corrected chi connectivity index (χ2v) is 6.37. The van der Waals surface area contributed by atoms with Crippen LogP contribution in [0.3, 0.4) is 0 Å². The van der Waals surface area contributed by atoms with Crippen LogP contribution in [-0.4, -0.2) is 52.0 Å². The Morgan fingerprint density at radius 1 is 1.33 bits per heavy atom. The average Bonchev–Trinajstić information content (AvgIpc) is 2.98. The Labute approximate surface area is 141 Å². The molecule has 24 heavy (non-hydrogen) atoms. The molecule has 1 saturated heterocycles. The summed E-state index contributed by atoms with van der Waals surface area (Å²) in [5, 5.41) is 14.5. The standard InChI is InChI=1S/C18H23N3O3/c1-12-8-9-20(11-17(12)22)18(23)16-10-13(2)21(19-16)14-4-6-15(24-3)7-5-14/h4-7,10,12,17,22H,8-9,11H2,1-3H3. The van der Waals surface area contributed by atoms with Crippen LogP contribution in [0.1, 0.15) is 29.5 Å². The molecule has 1 aromatic carbocycles. The summed E-state index contributed by atoms with van der Waals surface area (Å²) in [5.41, 5.74) is 2.17. The lowest BCUT2D eigenvalue weighted by Crippen LogP contribution is -2.45. The van der Waals surface area contributed by atoms with Gasteiger partial charge in [-0.25, -0.2) is 4.68 Å². The molecule has 1 amide bonds. The van der Waals surface area contributed by atoms with Gasteiger partial charge in [-0.2, -0.15) is 5.10 Å². The Hall–Kier alpha value is -2.34. The molecule has 128 valence electrons. The van der Waals surface area contributed by atoms with Gasteiger partial charge in [-0.3, -0.25) is 4.79 Å². The highest BCUT2D eigenvalue weighted by molar-refractivity contribution is 5.92. The summed E-state index contributed by atoms with van der Waals surface area (Å²) < 4.78 is 6.91. The van der Waals surface area contributed by atoms with E-state index >= 15 is 0 Å². The number of nitrogens with zero attached hydrogens (tertiary/aromatic N) is 3. The van der Waals surface area contributed by atoms with Gasteiger partial charge in [0.15, 0.2) is 5.69 Å². The number of hydrogen-bond acceptors (Lipinski definition) is 4. The number of amides is 1. The summed E-state index contributed by atoms with van der Waals surface area (Å²) >= 11 is 0. The number of carbonyl (C=O) groups is 1. The highest BCUT2D eigenvalue weighted by atomic mass is 16.5. The lowest BCUT2D eigenvalue weighted by Gasteiger charge is -2.33. The summed E-state index contributed by atoms with van der Waals surface area (Å²) in [6.07, 6.45) is 0.345. The second-order valence-electron chi connectivity index (χ2n) is 6.37. The zero-order valence-corrected chi connectivity index (χ0v) is 14.3. The maximum absolute atomic E-state index is 12.7. The molecule has 6 nitrogen and oxygen atoms in total. The quantitative estimate of drug-likeness (QED) is 0.936. The molecule has 6 heteroatoms. The van der Waals surface area contributed by atoms with Crippen molar-refractivity contribution < 1.29 is 14.6 Å². The van der Waals surface area contributed by atoms with E-state index in [0.717, 1.165) is 23.6 Å². The number of aliphatic hydroxyl groups is 1. The van der Waals surface area contributed by atoms with Crippen LogP contribution >= 0.6 is 0 Å². The predicted molar refractivity (Wildman–Crippen MR) is 90.5 cm³/mol. The van der Waals surface area contributed by atoms with E-state index < -0.39 is 6.10 Å². The summed E-state index contributed by atoms with van der Waals surface area (Å²) in [7, 11) is 1.62. The molecule has 0 saturated carbocycles. The first kappa shape index (κ1) is 16.5. The number of methoxy groups -OCH3 is 1. The predicted octanol–water partition coefficient (Wildman–Crippen LogP) is 2.03. The van der Waals surface area contributed by atoms with Gasteiger partial charge in [-0.1, -0.05) is 6.92 Å². The average molecular weight is 329 g/mol. The Morgan fingerprint density at radius 2 is 2.04 bits per heavy atom. The summed E-state index contributed by atoms with van der Waals surface area (Å²) in [5.74, 6) is 0.875. The smallest absolute Gasteiger partial charge is 0.274 e. The van der Waals surface area contributed by atoms with Gasteiger partial charge in [0.05, 0.1) is 18.9 Å². The third-order valence-corrected chi connectivity index (χ3v) is 4.63. The molecule has 1 aliphatic rings. The van der Waals surface area contributed by atoms with Crippen molar-refractivity contribution in [2.45, 2.75) is 26.4 Å². The SMILES string of the molecule is COc1ccc(-n2nc(C(=O)N3CCC(C)C(O)C3)cc2C)cc1. The van der Waals surface area contributed by atoms with Crippen LogP contribution in [0, 0.1) is 12.8 Å². The van der Waals surface area contributed by atoms with Crippen molar-refractivity contribution >= 4 is 5.91 Å². The highest BCUT2D eigenvalue weighted by Crippen LogP contribution is 2.20. The topological polar surface area (TPSA) is 67.6 Å². The number of aryl methyl sites for hydroxylation is 1. The molecule has 3 rings (SSSR count). The van der Waals surface area contributed by atoms with Crippen LogP contribution in [0.15, 0.2) is 30.3 Å². The Bertz CT molecular complexity index is 724. The van der Waals surface area contributed by atoms with Crippen LogP contribution in [0.4, 0.5) is 0 Å². The first-order valence-electron chi connectivity index (χ1n) is 8.18. The molecule has 2 unspecified atom stereocenters. The van der Waals surface area contributed by atoms with Gasteiger partial charge >= 0.3 is 0 Å². The molecular weight excluding hydrogens is 306 g/mol. The number of piperidine rings is 1. The molecule has 2 heterocycles. The number of hydrogen-bond donors (Lipinski definition) is 1. The lowest BCUT2D eigenvalue weighted by atomic mass is 9.96. The van der Waals surface area contributed by atoms with Crippen molar-refractivity contribution in [3.8, 4) is 11.4 Å². The van der Waals surface area contributed by atoms with Gasteiger partial charge in [-0.15, -0.1) is 0 Å². The molecule has 0 aliphatic carbocycles. The van der Waals surface area contributed by atoms with Gasteiger partial charge in [0, 0.05) is 18.8 Å². The Kier molecular flexibility index (Phi) is 4.57. The van der Waals surface area contributed by atoms with Gasteiger partial charge in [0.25, 0.3) is 5.91 Å². The van der Waals surface area contributed by atoms with Gasteiger partial charge < -0.3 is 14.7 Å². The largest absolute Gasteiger partial charge is 0.497 e. The van der Waals surface area contributed by atoms with Crippen LogP contribution in [0.5, 0.6) is 5.75 Å². The summed E-state index contributed by atoms with van der Waals surface area (Å²) in [6.45, 7) is 4.95. The molecule has 1 fully saturated rings. The number of ether oxygens (including phenoxy) is 1. The van der Waals surface area contributed by atoms with Crippen molar-refractivity contribution in [1.82, 2.24) is 14.7 Å². The first-order chi connectivity index (χ1) is 11.5. The van der Waals surface area contributed by atoms with Crippen LogP contribution in [0.2, 0.25) is 0 Å². The number of aromatic nitrogens is 2. The van der Waals surface area contributed by atoms with Crippen molar-refractivity contribution in [3.05, 3.63) is 41.7 Å². The van der Waals surface area contributed by atoms with E-state index in [4.69, 9.17) is 4.74 Å². The Morgan fingerprint density at radius 3 is 2.67 bits per heavy atom. The number of aliphatic hydroxyl groups excluding tert-OH is 1. The number of likely N-dealkylation sites (tertiary alicyclic amines) is 1. The fourth-order valence-corrected chi connectivity index (χ4v) is 2.96. The number of rotatable bonds is 3. The molecule has 0 bridgehead atoms. The lowest BCUT2D eigenvalue weighted by molar-refractivity contribution is 0.0245. The van der Waals surface area contributed by atoms with Gasteiger partial charge in [-0.05, 0) is 49.6 Å². The van der Waals surface area contributed by atoms with E-state index in [1.54, 1.807) is 22.8 Å². The molecule has 0 spiro atoms. The zero-order valence-electron chi connectivity index (χ0n) is 14.3. The van der Waals surface area contributed by atoms with Gasteiger partial charge in [0.1, 0.15) is 5.75 Å². The van der Waals surface area contributed by atoms with Gasteiger partial charge in [0.2, 0.25) is 0 Å². The maximum Gasteiger partial charge on any atom is 0.274 e. The Balaban J connectivity index is 1.81. The fraction of sp³-hybridized carbons (Fsp3) is 0.444. The molecule has 2 aromatic rings. The van der Waals surface area contributed by atoms with Crippen LogP contribution in [-0.2, 0) is 0 Å². The fourth-order valence-electron chi connectivity index (χ4n) is 2.96. The van der Waals surface area contributed by atoms with Crippen LogP contribution < -0.4 is 4.74 Å². The molecule has 0 radical (unpaired) electrons. The van der Waals surface area contributed by atoms with E-state index in [9.17, 15) is 9.90 Å². The molecule has 2 atom stereocenters. The number of benzene rings is 1. The minimum Gasteiger partial charge on any atom is -0.497 e.